The van der Waals surface area contributed by atoms with Crippen molar-refractivity contribution in [2.24, 2.45) is 11.1 Å². The summed E-state index contributed by atoms with van der Waals surface area (Å²) in [5.74, 6) is 0.0713. The number of nitrogens with zero attached hydrogens (tertiary/aromatic N) is 1. The zero-order valence-corrected chi connectivity index (χ0v) is 12.0. The van der Waals surface area contributed by atoms with Crippen molar-refractivity contribution in [3.63, 3.8) is 0 Å². The average molecular weight is 265 g/mol. The number of rotatable bonds is 2. The van der Waals surface area contributed by atoms with Crippen LogP contribution in [0.2, 0.25) is 0 Å². The Morgan fingerprint density at radius 2 is 1.82 bits per heavy atom. The summed E-state index contributed by atoms with van der Waals surface area (Å²) in [6.45, 7) is 7.52. The number of piperidine rings is 1. The van der Waals surface area contributed by atoms with Crippen molar-refractivity contribution in [1.82, 2.24) is 4.90 Å². The van der Waals surface area contributed by atoms with Crippen molar-refractivity contribution < 1.29 is 9.53 Å². The van der Waals surface area contributed by atoms with Gasteiger partial charge in [0.1, 0.15) is 0 Å². The molecule has 4 nitrogen and oxygen atoms in total. The largest absolute Gasteiger partial charge is 0.381 e. The summed E-state index contributed by atoms with van der Waals surface area (Å²) >= 11 is 0. The molecule has 1 saturated heterocycles. The van der Waals surface area contributed by atoms with Gasteiger partial charge in [0.25, 0.3) is 0 Å². The van der Waals surface area contributed by atoms with Gasteiger partial charge in [0.05, 0.1) is 12.1 Å². The number of carbonyl (C=O) groups is 1. The molecule has 1 rings (SSSR count). The maximum atomic E-state index is 12.1. The molecule has 2 N–H and O–H groups in total. The van der Waals surface area contributed by atoms with Crippen LogP contribution in [0.3, 0.4) is 0 Å². The highest BCUT2D eigenvalue weighted by atomic mass is 35.5. The van der Waals surface area contributed by atoms with E-state index in [9.17, 15) is 4.79 Å². The minimum Gasteiger partial charge on any atom is -0.381 e. The number of hydrogen-bond donors (Lipinski definition) is 1. The van der Waals surface area contributed by atoms with Crippen molar-refractivity contribution in [2.45, 2.75) is 45.8 Å². The van der Waals surface area contributed by atoms with E-state index in [1.165, 1.54) is 0 Å². The Morgan fingerprint density at radius 3 is 2.18 bits per heavy atom. The molecule has 1 atom stereocenters. The highest BCUT2D eigenvalue weighted by molar-refractivity contribution is 5.85. The van der Waals surface area contributed by atoms with Crippen LogP contribution in [0.4, 0.5) is 0 Å². The number of amides is 1. The fourth-order valence-electron chi connectivity index (χ4n) is 1.88. The summed E-state index contributed by atoms with van der Waals surface area (Å²) in [5, 5.41) is 0. The molecule has 0 aromatic heterocycles. The summed E-state index contributed by atoms with van der Waals surface area (Å²) in [6.07, 6.45) is 2.13. The molecule has 5 heteroatoms. The van der Waals surface area contributed by atoms with Gasteiger partial charge in [-0.25, -0.2) is 0 Å². The van der Waals surface area contributed by atoms with Crippen molar-refractivity contribution in [2.75, 3.05) is 20.2 Å². The lowest BCUT2D eigenvalue weighted by molar-refractivity contribution is -0.137. The lowest BCUT2D eigenvalue weighted by atomic mass is 9.86. The summed E-state index contributed by atoms with van der Waals surface area (Å²) in [4.78, 5) is 14.0. The molecular formula is C12H25ClN2O2. The number of likely N-dealkylation sites (tertiary alicyclic amines) is 1. The smallest absolute Gasteiger partial charge is 0.240 e. The molecule has 1 fully saturated rings. The number of carbonyl (C=O) groups excluding carboxylic acids is 1. The van der Waals surface area contributed by atoms with Gasteiger partial charge in [0.2, 0.25) is 5.91 Å². The quantitative estimate of drug-likeness (QED) is 0.821. The third-order valence-electron chi connectivity index (χ3n) is 3.29. The van der Waals surface area contributed by atoms with E-state index in [0.717, 1.165) is 25.9 Å². The molecule has 17 heavy (non-hydrogen) atoms. The standard InChI is InChI=1S/C12H24N2O2.ClH/c1-12(2,3)10(13)11(15)14-7-5-9(16-4)6-8-14;/h9-10H,5-8,13H2,1-4H3;1H/t10-;/m1./s1. The van der Waals surface area contributed by atoms with E-state index >= 15 is 0 Å². The Labute approximate surface area is 110 Å². The predicted molar refractivity (Wildman–Crippen MR) is 71.3 cm³/mol. The van der Waals surface area contributed by atoms with E-state index in [2.05, 4.69) is 0 Å². The molecule has 102 valence electrons. The van der Waals surface area contributed by atoms with Crippen LogP contribution in [0.1, 0.15) is 33.6 Å². The Bertz CT molecular complexity index is 245. The van der Waals surface area contributed by atoms with E-state index in [1.54, 1.807) is 7.11 Å². The van der Waals surface area contributed by atoms with Crippen LogP contribution >= 0.6 is 12.4 Å². The first kappa shape index (κ1) is 16.7. The van der Waals surface area contributed by atoms with Crippen LogP contribution in [0.5, 0.6) is 0 Å². The SMILES string of the molecule is COC1CCN(C(=O)[C@@H](N)C(C)(C)C)CC1.Cl. The fourth-order valence-corrected chi connectivity index (χ4v) is 1.88. The van der Waals surface area contributed by atoms with E-state index in [0.29, 0.717) is 6.10 Å². The van der Waals surface area contributed by atoms with E-state index in [4.69, 9.17) is 10.5 Å². The van der Waals surface area contributed by atoms with Crippen molar-refractivity contribution >= 4 is 18.3 Å². The van der Waals surface area contributed by atoms with E-state index < -0.39 is 6.04 Å². The summed E-state index contributed by atoms with van der Waals surface area (Å²) in [7, 11) is 1.73. The molecule has 0 spiro atoms. The number of hydrogen-bond acceptors (Lipinski definition) is 3. The highest BCUT2D eigenvalue weighted by Crippen LogP contribution is 2.21. The maximum absolute atomic E-state index is 12.1. The van der Waals surface area contributed by atoms with Gasteiger partial charge < -0.3 is 15.4 Å². The molecule has 0 bridgehead atoms. The van der Waals surface area contributed by atoms with Gasteiger partial charge >= 0.3 is 0 Å². The molecule has 0 unspecified atom stereocenters. The third-order valence-corrected chi connectivity index (χ3v) is 3.29. The number of nitrogens with two attached hydrogens (primary N) is 1. The van der Waals surface area contributed by atoms with Crippen LogP contribution in [0, 0.1) is 5.41 Å². The molecule has 1 amide bonds. The predicted octanol–water partition coefficient (Wildman–Crippen LogP) is 1.42. The number of methoxy groups -OCH3 is 1. The molecule has 1 aliphatic heterocycles. The van der Waals surface area contributed by atoms with Crippen molar-refractivity contribution in [1.29, 1.82) is 0 Å². The number of ether oxygens (including phenoxy) is 1. The molecule has 1 heterocycles. The first-order valence-corrected chi connectivity index (χ1v) is 5.93. The first-order chi connectivity index (χ1) is 7.36. The molecule has 0 aromatic carbocycles. The molecule has 0 radical (unpaired) electrons. The van der Waals surface area contributed by atoms with Crippen LogP contribution in [0.25, 0.3) is 0 Å². The van der Waals surface area contributed by atoms with Crippen molar-refractivity contribution in [3.8, 4) is 0 Å². The Morgan fingerprint density at radius 1 is 1.35 bits per heavy atom. The summed E-state index contributed by atoms with van der Waals surface area (Å²) in [5.41, 5.74) is 5.80. The average Bonchev–Trinajstić information content (AvgIpc) is 2.26. The van der Waals surface area contributed by atoms with Crippen LogP contribution in [0.15, 0.2) is 0 Å². The minimum absolute atomic E-state index is 0. The molecule has 0 aromatic rings. The van der Waals surface area contributed by atoms with Crippen LogP contribution in [-0.2, 0) is 9.53 Å². The van der Waals surface area contributed by atoms with E-state index in [-0.39, 0.29) is 23.7 Å². The van der Waals surface area contributed by atoms with Gasteiger partial charge in [-0.2, -0.15) is 0 Å². The molecular weight excluding hydrogens is 240 g/mol. The fraction of sp³-hybridized carbons (Fsp3) is 0.917. The topological polar surface area (TPSA) is 55.6 Å². The Balaban J connectivity index is 0.00000256. The van der Waals surface area contributed by atoms with Gasteiger partial charge in [-0.05, 0) is 18.3 Å². The zero-order valence-electron chi connectivity index (χ0n) is 11.2. The lowest BCUT2D eigenvalue weighted by Crippen LogP contribution is -2.52. The Hall–Kier alpha value is -0.320. The second-order valence-electron chi connectivity index (χ2n) is 5.60. The van der Waals surface area contributed by atoms with Crippen LogP contribution in [-0.4, -0.2) is 43.2 Å². The molecule has 0 saturated carbocycles. The van der Waals surface area contributed by atoms with Gasteiger partial charge in [-0.1, -0.05) is 20.8 Å². The van der Waals surface area contributed by atoms with Crippen LogP contribution < -0.4 is 5.73 Å². The normalized spacial score (nSPS) is 19.7. The van der Waals surface area contributed by atoms with Gasteiger partial charge in [0.15, 0.2) is 0 Å². The molecule has 1 aliphatic rings. The number of halogens is 1. The second kappa shape index (κ2) is 6.57. The zero-order chi connectivity index (χ0) is 12.3. The summed E-state index contributed by atoms with van der Waals surface area (Å²) in [6, 6.07) is -0.411. The van der Waals surface area contributed by atoms with Gasteiger partial charge in [-0.15, -0.1) is 12.4 Å². The highest BCUT2D eigenvalue weighted by Gasteiger charge is 2.32. The second-order valence-corrected chi connectivity index (χ2v) is 5.60. The van der Waals surface area contributed by atoms with Gasteiger partial charge in [-0.3, -0.25) is 4.79 Å². The summed E-state index contributed by atoms with van der Waals surface area (Å²) < 4.78 is 5.28. The van der Waals surface area contributed by atoms with E-state index in [1.807, 2.05) is 25.7 Å². The lowest BCUT2D eigenvalue weighted by Gasteiger charge is -2.36. The van der Waals surface area contributed by atoms with Crippen molar-refractivity contribution in [3.05, 3.63) is 0 Å². The monoisotopic (exact) mass is 264 g/mol. The molecule has 0 aliphatic carbocycles. The first-order valence-electron chi connectivity index (χ1n) is 5.93. The third kappa shape index (κ3) is 4.45. The minimum atomic E-state index is -0.411. The van der Waals surface area contributed by atoms with Gasteiger partial charge in [0, 0.05) is 20.2 Å². The Kier molecular flexibility index (Phi) is 6.45. The maximum Gasteiger partial charge on any atom is 0.240 e.